The molecule has 4 aromatic rings. The molecule has 4 heterocycles. The predicted molar refractivity (Wildman–Crippen MR) is 137 cm³/mol. The first-order valence-electron chi connectivity index (χ1n) is 11.8. The quantitative estimate of drug-likeness (QED) is 0.141. The zero-order chi connectivity index (χ0) is 27.0. The number of imidazole rings is 1. The highest BCUT2D eigenvalue weighted by molar-refractivity contribution is 7.50. The molecule has 0 bridgehead atoms. The number of aromatic amines is 1. The molecule has 0 saturated carbocycles. The summed E-state index contributed by atoms with van der Waals surface area (Å²) in [5.41, 5.74) is 8.40. The maximum absolute atomic E-state index is 12.9. The number of nitrogens with one attached hydrogen (secondary N) is 3. The first kappa shape index (κ1) is 26.3. The Kier molecular flexibility index (Phi) is 7.20. The summed E-state index contributed by atoms with van der Waals surface area (Å²) in [4.78, 5) is 34.3. The number of pyridine rings is 1. The highest BCUT2D eigenvalue weighted by Gasteiger charge is 2.45. The SMILES string of the molecule is CNC(=O)[C@H](Cc1c[nH]c2ccccc12)NP(=O)(O)OC[C@H]1O[C@@H](n2cnc3c(N)nccc32)[C@H](O)[C@@H]1O. The van der Waals surface area contributed by atoms with Crippen molar-refractivity contribution in [3.05, 3.63) is 54.6 Å². The minimum absolute atomic E-state index is 0.104. The topological polar surface area (TPSA) is 210 Å². The Bertz CT molecular complexity index is 1510. The number of H-pyrrole nitrogens is 1. The molecule has 0 spiro atoms. The molecule has 6 atom stereocenters. The van der Waals surface area contributed by atoms with E-state index in [1.165, 1.54) is 24.1 Å². The molecule has 3 aromatic heterocycles. The number of aromatic nitrogens is 4. The van der Waals surface area contributed by atoms with Crippen LogP contribution in [0.5, 0.6) is 0 Å². The number of rotatable bonds is 9. The van der Waals surface area contributed by atoms with Crippen LogP contribution >= 0.6 is 7.75 Å². The number of hydrogen-bond acceptors (Lipinski definition) is 9. The molecule has 1 fully saturated rings. The number of anilines is 1. The molecule has 1 aliphatic rings. The number of carbonyl (C=O) groups is 1. The Morgan fingerprint density at radius 1 is 1.29 bits per heavy atom. The van der Waals surface area contributed by atoms with Gasteiger partial charge in [-0.05, 0) is 24.1 Å². The molecule has 1 aliphatic heterocycles. The number of carbonyl (C=O) groups excluding carboxylic acids is 1. The summed E-state index contributed by atoms with van der Waals surface area (Å²) in [7, 11) is -3.14. The molecule has 8 N–H and O–H groups in total. The van der Waals surface area contributed by atoms with Crippen molar-refractivity contribution in [1.82, 2.24) is 29.9 Å². The number of benzene rings is 1. The summed E-state index contributed by atoms with van der Waals surface area (Å²) in [5.74, 6) is -0.318. The molecular formula is C23H28N7O7P. The predicted octanol–water partition coefficient (Wildman–Crippen LogP) is 0.178. The van der Waals surface area contributed by atoms with E-state index >= 15 is 0 Å². The number of nitrogen functional groups attached to an aromatic ring is 1. The lowest BCUT2D eigenvalue weighted by Crippen LogP contribution is -2.43. The first-order valence-corrected chi connectivity index (χ1v) is 13.4. The van der Waals surface area contributed by atoms with Gasteiger partial charge in [0.05, 0.1) is 18.5 Å². The number of nitrogens with two attached hydrogens (primary N) is 1. The van der Waals surface area contributed by atoms with Crippen molar-refractivity contribution in [2.45, 2.75) is 37.0 Å². The van der Waals surface area contributed by atoms with Gasteiger partial charge in [0.25, 0.3) is 0 Å². The molecule has 0 radical (unpaired) electrons. The Balaban J connectivity index is 1.26. The van der Waals surface area contributed by atoms with Crippen LogP contribution in [0.3, 0.4) is 0 Å². The number of para-hydroxylation sites is 1. The van der Waals surface area contributed by atoms with Gasteiger partial charge in [-0.25, -0.2) is 19.6 Å². The highest BCUT2D eigenvalue weighted by Crippen LogP contribution is 2.40. The van der Waals surface area contributed by atoms with E-state index < -0.39 is 50.8 Å². The van der Waals surface area contributed by atoms with Gasteiger partial charge >= 0.3 is 7.75 Å². The lowest BCUT2D eigenvalue weighted by atomic mass is 10.1. The Morgan fingerprint density at radius 3 is 2.87 bits per heavy atom. The second-order valence-electron chi connectivity index (χ2n) is 8.94. The molecule has 1 aromatic carbocycles. The van der Waals surface area contributed by atoms with Crippen molar-refractivity contribution in [1.29, 1.82) is 0 Å². The van der Waals surface area contributed by atoms with Gasteiger partial charge in [-0.15, -0.1) is 0 Å². The molecule has 1 unspecified atom stereocenters. The van der Waals surface area contributed by atoms with Crippen LogP contribution in [0.2, 0.25) is 0 Å². The van der Waals surface area contributed by atoms with Gasteiger partial charge in [0.2, 0.25) is 5.91 Å². The fourth-order valence-electron chi connectivity index (χ4n) is 4.58. The van der Waals surface area contributed by atoms with Crippen LogP contribution in [0.4, 0.5) is 5.82 Å². The highest BCUT2D eigenvalue weighted by atomic mass is 31.2. The fourth-order valence-corrected chi connectivity index (χ4v) is 5.61. The monoisotopic (exact) mass is 545 g/mol. The average molecular weight is 545 g/mol. The minimum Gasteiger partial charge on any atom is -0.387 e. The molecular weight excluding hydrogens is 517 g/mol. The average Bonchev–Trinajstić information content (AvgIpc) is 3.59. The Labute approximate surface area is 216 Å². The summed E-state index contributed by atoms with van der Waals surface area (Å²) in [6.07, 6.45) is -0.325. The molecule has 1 amide bonds. The van der Waals surface area contributed by atoms with Gasteiger partial charge in [-0.1, -0.05) is 18.2 Å². The second-order valence-corrected chi connectivity index (χ2v) is 10.5. The summed E-state index contributed by atoms with van der Waals surface area (Å²) in [6, 6.07) is 8.02. The van der Waals surface area contributed by atoms with Crippen molar-refractivity contribution in [3.8, 4) is 0 Å². The molecule has 202 valence electrons. The minimum atomic E-state index is -4.56. The second kappa shape index (κ2) is 10.4. The van der Waals surface area contributed by atoms with Crippen LogP contribution in [-0.2, 0) is 25.0 Å². The maximum atomic E-state index is 12.9. The molecule has 5 rings (SSSR count). The lowest BCUT2D eigenvalue weighted by Gasteiger charge is -2.22. The number of fused-ring (bicyclic) bond motifs is 2. The molecule has 15 heteroatoms. The number of hydrogen-bond donors (Lipinski definition) is 7. The third-order valence-corrected chi connectivity index (χ3v) is 7.66. The molecule has 38 heavy (non-hydrogen) atoms. The van der Waals surface area contributed by atoms with Crippen molar-refractivity contribution < 1.29 is 33.7 Å². The van der Waals surface area contributed by atoms with Crippen LogP contribution in [0.25, 0.3) is 21.9 Å². The third kappa shape index (κ3) is 5.02. The van der Waals surface area contributed by atoms with Gasteiger partial charge in [0, 0.05) is 30.3 Å². The smallest absolute Gasteiger partial charge is 0.387 e. The summed E-state index contributed by atoms with van der Waals surface area (Å²) < 4.78 is 25.4. The zero-order valence-electron chi connectivity index (χ0n) is 20.3. The van der Waals surface area contributed by atoms with E-state index in [9.17, 15) is 24.5 Å². The fraction of sp³-hybridized carbons (Fsp3) is 0.348. The van der Waals surface area contributed by atoms with E-state index in [1.807, 2.05) is 24.3 Å². The van der Waals surface area contributed by atoms with Crippen LogP contribution < -0.4 is 16.1 Å². The largest absolute Gasteiger partial charge is 0.403 e. The van der Waals surface area contributed by atoms with E-state index in [1.54, 1.807) is 12.3 Å². The van der Waals surface area contributed by atoms with Crippen molar-refractivity contribution in [2.75, 3.05) is 19.4 Å². The van der Waals surface area contributed by atoms with Crippen molar-refractivity contribution in [2.24, 2.45) is 0 Å². The van der Waals surface area contributed by atoms with Gasteiger partial charge in [-0.2, -0.15) is 0 Å². The van der Waals surface area contributed by atoms with Crippen molar-refractivity contribution >= 4 is 41.4 Å². The Hall–Kier alpha value is -3.36. The molecule has 14 nitrogen and oxygen atoms in total. The number of amides is 1. The van der Waals surface area contributed by atoms with Gasteiger partial charge in [0.15, 0.2) is 12.0 Å². The van der Waals surface area contributed by atoms with E-state index in [2.05, 4.69) is 25.4 Å². The van der Waals surface area contributed by atoms with Crippen LogP contribution in [0.1, 0.15) is 11.8 Å². The lowest BCUT2D eigenvalue weighted by molar-refractivity contribution is -0.122. The van der Waals surface area contributed by atoms with Crippen LogP contribution in [0, 0.1) is 0 Å². The van der Waals surface area contributed by atoms with Gasteiger partial charge in [0.1, 0.15) is 29.9 Å². The summed E-state index contributed by atoms with van der Waals surface area (Å²) >= 11 is 0. The summed E-state index contributed by atoms with van der Waals surface area (Å²) in [6.45, 7) is -0.542. The standard InChI is InChI=1S/C23H28N7O7P/c1-25-22(33)15(8-12-9-27-14-5-3-2-4-13(12)14)29-38(34,35)36-10-17-19(31)20(32)23(37-17)30-11-28-18-16(30)6-7-26-21(18)24/h2-7,9,11,15,17,19-20,23,27,31-32H,8,10H2,1H3,(H2,24,26)(H,25,33)(H2,29,34,35)/t15-,17+,19+,20+,23+/m0/s1. The Morgan fingerprint density at radius 2 is 2.08 bits per heavy atom. The van der Waals surface area contributed by atoms with Crippen molar-refractivity contribution in [3.63, 3.8) is 0 Å². The normalized spacial score (nSPS) is 24.0. The molecule has 0 aliphatic carbocycles. The van der Waals surface area contributed by atoms with E-state index in [0.29, 0.717) is 11.0 Å². The number of likely N-dealkylation sites (N-methyl/N-ethyl adjacent to an activating group) is 1. The van der Waals surface area contributed by atoms with Gasteiger partial charge in [-0.3, -0.25) is 9.32 Å². The zero-order valence-corrected chi connectivity index (χ0v) is 21.2. The van der Waals surface area contributed by atoms with Crippen LogP contribution in [0.15, 0.2) is 49.1 Å². The van der Waals surface area contributed by atoms with E-state index in [4.69, 9.17) is 15.0 Å². The number of aliphatic hydroxyl groups excluding tert-OH is 2. The molecule has 1 saturated heterocycles. The van der Waals surface area contributed by atoms with E-state index in [-0.39, 0.29) is 12.2 Å². The van der Waals surface area contributed by atoms with Gasteiger partial charge < -0.3 is 40.4 Å². The number of aliphatic hydroxyl groups is 2. The number of ether oxygens (including phenoxy) is 1. The van der Waals surface area contributed by atoms with E-state index in [0.717, 1.165) is 16.5 Å². The number of nitrogens with zero attached hydrogens (tertiary/aromatic N) is 3. The third-order valence-electron chi connectivity index (χ3n) is 6.53. The van der Waals surface area contributed by atoms with Crippen LogP contribution in [-0.4, -0.2) is 78.5 Å². The first-order chi connectivity index (χ1) is 18.2. The summed E-state index contributed by atoms with van der Waals surface area (Å²) in [5, 5.41) is 26.9. The maximum Gasteiger partial charge on any atom is 0.403 e.